The van der Waals surface area contributed by atoms with Gasteiger partial charge in [-0.15, -0.1) is 0 Å². The molecule has 17 heavy (non-hydrogen) atoms. The summed E-state index contributed by atoms with van der Waals surface area (Å²) in [4.78, 5) is 23.4. The Morgan fingerprint density at radius 3 is 2.71 bits per heavy atom. The monoisotopic (exact) mass is 295 g/mol. The molecule has 88 valence electrons. The van der Waals surface area contributed by atoms with Gasteiger partial charge in [0.15, 0.2) is 5.78 Å². The highest BCUT2D eigenvalue weighted by atomic mass is 79.9. The largest absolute Gasteiger partial charge is 0.465 e. The zero-order valence-corrected chi connectivity index (χ0v) is 10.8. The van der Waals surface area contributed by atoms with Crippen LogP contribution in [0.25, 0.3) is 0 Å². The van der Waals surface area contributed by atoms with Gasteiger partial charge in [0.05, 0.1) is 24.3 Å². The van der Waals surface area contributed by atoms with Gasteiger partial charge in [0.2, 0.25) is 0 Å². The minimum Gasteiger partial charge on any atom is -0.465 e. The fourth-order valence-corrected chi connectivity index (χ4v) is 1.80. The Labute approximate surface area is 107 Å². The van der Waals surface area contributed by atoms with E-state index in [4.69, 9.17) is 5.26 Å². The molecule has 4 nitrogen and oxygen atoms in total. The maximum absolute atomic E-state index is 11.9. The molecule has 0 fully saturated rings. The predicted molar refractivity (Wildman–Crippen MR) is 65.2 cm³/mol. The van der Waals surface area contributed by atoms with Crippen molar-refractivity contribution in [1.82, 2.24) is 0 Å². The summed E-state index contributed by atoms with van der Waals surface area (Å²) < 4.78 is 4.59. The normalized spacial score (nSPS) is 9.47. The van der Waals surface area contributed by atoms with Crippen molar-refractivity contribution < 1.29 is 14.3 Å². The summed E-state index contributed by atoms with van der Waals surface area (Å²) in [5.41, 5.74) is 0.470. The number of nitriles is 1. The Bertz CT molecular complexity index is 491. The number of hydrogen-bond donors (Lipinski definition) is 0. The zero-order valence-electron chi connectivity index (χ0n) is 9.20. The van der Waals surface area contributed by atoms with E-state index in [2.05, 4.69) is 20.7 Å². The van der Waals surface area contributed by atoms with Crippen molar-refractivity contribution in [2.75, 3.05) is 12.4 Å². The average Bonchev–Trinajstić information content (AvgIpc) is 2.37. The SMILES string of the molecule is COC(=O)c1cccc(C#N)c1C(=O)CCBr. The molecule has 0 aliphatic carbocycles. The number of rotatable bonds is 4. The van der Waals surface area contributed by atoms with Crippen LogP contribution in [-0.4, -0.2) is 24.2 Å². The first-order chi connectivity index (χ1) is 8.15. The highest BCUT2D eigenvalue weighted by molar-refractivity contribution is 9.09. The molecule has 0 N–H and O–H groups in total. The van der Waals surface area contributed by atoms with Gasteiger partial charge < -0.3 is 4.74 Å². The lowest BCUT2D eigenvalue weighted by Crippen LogP contribution is -2.12. The van der Waals surface area contributed by atoms with Crippen LogP contribution in [0.15, 0.2) is 18.2 Å². The highest BCUT2D eigenvalue weighted by Crippen LogP contribution is 2.18. The molecule has 0 amide bonds. The molecule has 1 aromatic carbocycles. The van der Waals surface area contributed by atoms with Crippen molar-refractivity contribution >= 4 is 27.7 Å². The fourth-order valence-electron chi connectivity index (χ4n) is 1.44. The zero-order chi connectivity index (χ0) is 12.8. The number of Topliss-reactive ketones (excluding diaryl/α,β-unsaturated/α-hetero) is 1. The minimum absolute atomic E-state index is 0.137. The van der Waals surface area contributed by atoms with Crippen molar-refractivity contribution in [2.45, 2.75) is 6.42 Å². The van der Waals surface area contributed by atoms with E-state index in [1.807, 2.05) is 6.07 Å². The molecule has 1 rings (SSSR count). The number of esters is 1. The van der Waals surface area contributed by atoms with Gasteiger partial charge in [0.25, 0.3) is 0 Å². The smallest absolute Gasteiger partial charge is 0.338 e. The van der Waals surface area contributed by atoms with Crippen LogP contribution in [0, 0.1) is 11.3 Å². The molecule has 0 radical (unpaired) electrons. The standard InChI is InChI=1S/C12H10BrNO3/c1-17-12(16)9-4-2-3-8(7-14)11(9)10(15)5-6-13/h2-4H,5-6H2,1H3. The van der Waals surface area contributed by atoms with Gasteiger partial charge in [-0.2, -0.15) is 5.26 Å². The molecular formula is C12H10BrNO3. The van der Waals surface area contributed by atoms with E-state index in [0.717, 1.165) is 0 Å². The van der Waals surface area contributed by atoms with Crippen LogP contribution in [0.4, 0.5) is 0 Å². The Morgan fingerprint density at radius 2 is 2.18 bits per heavy atom. The van der Waals surface area contributed by atoms with Gasteiger partial charge in [-0.05, 0) is 12.1 Å². The second-order valence-electron chi connectivity index (χ2n) is 3.19. The van der Waals surface area contributed by atoms with Crippen molar-refractivity contribution in [3.05, 3.63) is 34.9 Å². The molecule has 0 heterocycles. The quantitative estimate of drug-likeness (QED) is 0.486. The number of carbonyl (C=O) groups is 2. The summed E-state index contributed by atoms with van der Waals surface area (Å²) >= 11 is 3.15. The minimum atomic E-state index is -0.611. The van der Waals surface area contributed by atoms with Gasteiger partial charge in [-0.25, -0.2) is 4.79 Å². The Hall–Kier alpha value is -1.67. The number of ether oxygens (including phenoxy) is 1. The van der Waals surface area contributed by atoms with Gasteiger partial charge >= 0.3 is 5.97 Å². The molecule has 0 aliphatic rings. The van der Waals surface area contributed by atoms with Crippen molar-refractivity contribution in [2.24, 2.45) is 0 Å². The number of halogens is 1. The van der Waals surface area contributed by atoms with Gasteiger partial charge in [0, 0.05) is 17.3 Å². The van der Waals surface area contributed by atoms with E-state index in [1.165, 1.54) is 19.2 Å². The van der Waals surface area contributed by atoms with Crippen LogP contribution in [0.2, 0.25) is 0 Å². The number of benzene rings is 1. The Kier molecular flexibility index (Phi) is 4.85. The number of hydrogen-bond acceptors (Lipinski definition) is 4. The van der Waals surface area contributed by atoms with Crippen LogP contribution in [-0.2, 0) is 4.74 Å². The van der Waals surface area contributed by atoms with E-state index >= 15 is 0 Å². The van der Waals surface area contributed by atoms with Crippen molar-refractivity contribution in [1.29, 1.82) is 5.26 Å². The second-order valence-corrected chi connectivity index (χ2v) is 3.99. The second kappa shape index (κ2) is 6.16. The van der Waals surface area contributed by atoms with Crippen LogP contribution < -0.4 is 0 Å². The topological polar surface area (TPSA) is 67.2 Å². The molecule has 5 heteroatoms. The van der Waals surface area contributed by atoms with Crippen molar-refractivity contribution in [3.8, 4) is 6.07 Å². The molecule has 0 spiro atoms. The lowest BCUT2D eigenvalue weighted by atomic mass is 9.97. The number of ketones is 1. The lowest BCUT2D eigenvalue weighted by molar-refractivity contribution is 0.0597. The average molecular weight is 296 g/mol. The number of nitrogens with zero attached hydrogens (tertiary/aromatic N) is 1. The summed E-state index contributed by atoms with van der Waals surface area (Å²) in [7, 11) is 1.24. The molecule has 0 saturated carbocycles. The van der Waals surface area contributed by atoms with Crippen LogP contribution in [0.3, 0.4) is 0 Å². The first-order valence-corrected chi connectivity index (χ1v) is 5.98. The third-order valence-electron chi connectivity index (χ3n) is 2.19. The first kappa shape index (κ1) is 13.4. The Balaban J connectivity index is 3.36. The van der Waals surface area contributed by atoms with Crippen molar-refractivity contribution in [3.63, 3.8) is 0 Å². The van der Waals surface area contributed by atoms with E-state index in [-0.39, 0.29) is 28.9 Å². The summed E-state index contributed by atoms with van der Waals surface area (Å²) in [5, 5.41) is 9.43. The number of methoxy groups -OCH3 is 1. The molecule has 0 aliphatic heterocycles. The molecule has 0 atom stereocenters. The molecule has 0 bridgehead atoms. The highest BCUT2D eigenvalue weighted by Gasteiger charge is 2.20. The summed E-state index contributed by atoms with van der Waals surface area (Å²) in [6, 6.07) is 6.45. The summed E-state index contributed by atoms with van der Waals surface area (Å²) in [5.74, 6) is -0.862. The van der Waals surface area contributed by atoms with Crippen LogP contribution >= 0.6 is 15.9 Å². The summed E-state index contributed by atoms with van der Waals surface area (Å²) in [6.45, 7) is 0. The van der Waals surface area contributed by atoms with Crippen LogP contribution in [0.5, 0.6) is 0 Å². The summed E-state index contributed by atoms with van der Waals surface area (Å²) in [6.07, 6.45) is 0.225. The number of carbonyl (C=O) groups excluding carboxylic acids is 2. The molecular weight excluding hydrogens is 286 g/mol. The third-order valence-corrected chi connectivity index (χ3v) is 2.59. The molecule has 0 aromatic heterocycles. The molecule has 1 aromatic rings. The van der Waals surface area contributed by atoms with Gasteiger partial charge in [-0.3, -0.25) is 4.79 Å². The molecule has 0 saturated heterocycles. The fraction of sp³-hybridized carbons (Fsp3) is 0.250. The number of alkyl halides is 1. The van der Waals surface area contributed by atoms with E-state index in [0.29, 0.717) is 5.33 Å². The predicted octanol–water partition coefficient (Wildman–Crippen LogP) is 2.31. The Morgan fingerprint density at radius 1 is 1.47 bits per heavy atom. The molecule has 0 unspecified atom stereocenters. The lowest BCUT2D eigenvalue weighted by Gasteiger charge is -2.07. The van der Waals surface area contributed by atoms with Gasteiger partial charge in [0.1, 0.15) is 0 Å². The van der Waals surface area contributed by atoms with E-state index < -0.39 is 5.97 Å². The van der Waals surface area contributed by atoms with Gasteiger partial charge in [-0.1, -0.05) is 22.0 Å². The maximum atomic E-state index is 11.9. The van der Waals surface area contributed by atoms with E-state index in [1.54, 1.807) is 6.07 Å². The van der Waals surface area contributed by atoms with E-state index in [9.17, 15) is 9.59 Å². The third kappa shape index (κ3) is 2.92. The maximum Gasteiger partial charge on any atom is 0.338 e. The van der Waals surface area contributed by atoms with Crippen LogP contribution in [0.1, 0.15) is 32.7 Å². The first-order valence-electron chi connectivity index (χ1n) is 4.86.